The monoisotopic (exact) mass is 238 g/mol. The highest BCUT2D eigenvalue weighted by Gasteiger charge is 2.17. The van der Waals surface area contributed by atoms with Gasteiger partial charge in [0.2, 0.25) is 0 Å². The molecule has 0 atom stereocenters. The number of carboxylic acid groups (broad SMARTS) is 1. The van der Waals surface area contributed by atoms with Gasteiger partial charge in [-0.05, 0) is 12.6 Å². The number of hydrogen-bond donors (Lipinski definition) is 1. The SMILES string of the molecule is CCN1CCN(Cc2cc(C(=O)O)co2)CC1. The fourth-order valence-corrected chi connectivity index (χ4v) is 2.06. The lowest BCUT2D eigenvalue weighted by molar-refractivity contribution is 0.0696. The molecule has 0 amide bonds. The van der Waals surface area contributed by atoms with Gasteiger partial charge in [-0.15, -0.1) is 0 Å². The van der Waals surface area contributed by atoms with Crippen LogP contribution < -0.4 is 0 Å². The molecule has 0 aliphatic carbocycles. The minimum Gasteiger partial charge on any atom is -0.478 e. The molecular formula is C12H18N2O3. The number of carboxylic acids is 1. The van der Waals surface area contributed by atoms with Crippen molar-refractivity contribution >= 4 is 5.97 Å². The van der Waals surface area contributed by atoms with E-state index in [0.717, 1.165) is 38.5 Å². The Labute approximate surface area is 101 Å². The van der Waals surface area contributed by atoms with Gasteiger partial charge in [0.15, 0.2) is 0 Å². The second-order valence-electron chi connectivity index (χ2n) is 4.32. The number of carbonyl (C=O) groups is 1. The van der Waals surface area contributed by atoms with Crippen molar-refractivity contribution in [1.29, 1.82) is 0 Å². The average molecular weight is 238 g/mol. The van der Waals surface area contributed by atoms with Crippen molar-refractivity contribution in [3.8, 4) is 0 Å². The molecule has 1 N–H and O–H groups in total. The molecule has 0 radical (unpaired) electrons. The summed E-state index contributed by atoms with van der Waals surface area (Å²) in [6.45, 7) is 8.13. The number of piperazine rings is 1. The van der Waals surface area contributed by atoms with E-state index in [1.807, 2.05) is 0 Å². The lowest BCUT2D eigenvalue weighted by Gasteiger charge is -2.33. The molecule has 2 rings (SSSR count). The van der Waals surface area contributed by atoms with E-state index in [4.69, 9.17) is 9.52 Å². The van der Waals surface area contributed by atoms with Crippen molar-refractivity contribution < 1.29 is 14.3 Å². The van der Waals surface area contributed by atoms with Crippen LogP contribution in [0.4, 0.5) is 0 Å². The Hall–Kier alpha value is -1.33. The first-order chi connectivity index (χ1) is 8.19. The predicted molar refractivity (Wildman–Crippen MR) is 63.1 cm³/mol. The van der Waals surface area contributed by atoms with Crippen LogP contribution in [0.25, 0.3) is 0 Å². The molecule has 17 heavy (non-hydrogen) atoms. The second-order valence-corrected chi connectivity index (χ2v) is 4.32. The van der Waals surface area contributed by atoms with Crippen LogP contribution in [-0.2, 0) is 6.54 Å². The Balaban J connectivity index is 1.86. The largest absolute Gasteiger partial charge is 0.478 e. The summed E-state index contributed by atoms with van der Waals surface area (Å²) in [6.07, 6.45) is 1.31. The van der Waals surface area contributed by atoms with Gasteiger partial charge in [-0.2, -0.15) is 0 Å². The molecular weight excluding hydrogens is 220 g/mol. The molecule has 1 aromatic rings. The van der Waals surface area contributed by atoms with E-state index in [1.54, 1.807) is 6.07 Å². The summed E-state index contributed by atoms with van der Waals surface area (Å²) in [5.74, 6) is -0.205. The Kier molecular flexibility index (Phi) is 3.81. The predicted octanol–water partition coefficient (Wildman–Crippen LogP) is 1.12. The van der Waals surface area contributed by atoms with Gasteiger partial charge in [-0.25, -0.2) is 4.79 Å². The number of likely N-dealkylation sites (N-methyl/N-ethyl adjacent to an activating group) is 1. The average Bonchev–Trinajstić information content (AvgIpc) is 2.79. The summed E-state index contributed by atoms with van der Waals surface area (Å²) in [6, 6.07) is 1.61. The third-order valence-corrected chi connectivity index (χ3v) is 3.19. The van der Waals surface area contributed by atoms with Gasteiger partial charge in [0.25, 0.3) is 0 Å². The highest BCUT2D eigenvalue weighted by Crippen LogP contribution is 2.12. The molecule has 0 bridgehead atoms. The molecule has 1 aromatic heterocycles. The van der Waals surface area contributed by atoms with Crippen LogP contribution in [0.15, 0.2) is 16.7 Å². The zero-order chi connectivity index (χ0) is 12.3. The third-order valence-electron chi connectivity index (χ3n) is 3.19. The smallest absolute Gasteiger partial charge is 0.338 e. The molecule has 0 spiro atoms. The Bertz CT molecular complexity index is 381. The van der Waals surface area contributed by atoms with E-state index in [1.165, 1.54) is 6.26 Å². The van der Waals surface area contributed by atoms with Crippen molar-refractivity contribution in [3.05, 3.63) is 23.7 Å². The van der Waals surface area contributed by atoms with Crippen LogP contribution in [0, 0.1) is 0 Å². The van der Waals surface area contributed by atoms with Gasteiger partial charge in [-0.3, -0.25) is 4.90 Å². The van der Waals surface area contributed by atoms with Gasteiger partial charge in [0.05, 0.1) is 12.1 Å². The van der Waals surface area contributed by atoms with Crippen molar-refractivity contribution in [2.75, 3.05) is 32.7 Å². The minimum atomic E-state index is -0.934. The number of nitrogens with zero attached hydrogens (tertiary/aromatic N) is 2. The molecule has 0 saturated carbocycles. The summed E-state index contributed by atoms with van der Waals surface area (Å²) < 4.78 is 5.25. The summed E-state index contributed by atoms with van der Waals surface area (Å²) >= 11 is 0. The van der Waals surface area contributed by atoms with E-state index in [2.05, 4.69) is 16.7 Å². The van der Waals surface area contributed by atoms with E-state index in [-0.39, 0.29) is 5.56 Å². The van der Waals surface area contributed by atoms with Gasteiger partial charge in [0, 0.05) is 26.2 Å². The lowest BCUT2D eigenvalue weighted by atomic mass is 10.2. The van der Waals surface area contributed by atoms with Gasteiger partial charge >= 0.3 is 5.97 Å². The maximum atomic E-state index is 10.7. The highest BCUT2D eigenvalue weighted by atomic mass is 16.4. The van der Waals surface area contributed by atoms with Gasteiger partial charge in [0.1, 0.15) is 12.0 Å². The Morgan fingerprint density at radius 1 is 1.35 bits per heavy atom. The van der Waals surface area contributed by atoms with Crippen LogP contribution >= 0.6 is 0 Å². The first kappa shape index (κ1) is 12.1. The normalized spacial score (nSPS) is 18.4. The van der Waals surface area contributed by atoms with Crippen LogP contribution in [-0.4, -0.2) is 53.6 Å². The molecule has 1 saturated heterocycles. The van der Waals surface area contributed by atoms with Crippen molar-refractivity contribution in [2.45, 2.75) is 13.5 Å². The van der Waals surface area contributed by atoms with Crippen LogP contribution in [0.2, 0.25) is 0 Å². The summed E-state index contributed by atoms with van der Waals surface area (Å²) in [7, 11) is 0. The van der Waals surface area contributed by atoms with Crippen LogP contribution in [0.3, 0.4) is 0 Å². The fourth-order valence-electron chi connectivity index (χ4n) is 2.06. The van der Waals surface area contributed by atoms with Crippen LogP contribution in [0.1, 0.15) is 23.0 Å². The van der Waals surface area contributed by atoms with Gasteiger partial charge < -0.3 is 14.4 Å². The Morgan fingerprint density at radius 2 is 2.00 bits per heavy atom. The van der Waals surface area contributed by atoms with Crippen molar-refractivity contribution in [1.82, 2.24) is 9.80 Å². The Morgan fingerprint density at radius 3 is 2.53 bits per heavy atom. The number of rotatable bonds is 4. The van der Waals surface area contributed by atoms with E-state index < -0.39 is 5.97 Å². The summed E-state index contributed by atoms with van der Waals surface area (Å²) in [5.41, 5.74) is 0.229. The molecule has 2 heterocycles. The third kappa shape index (κ3) is 3.08. The first-order valence-corrected chi connectivity index (χ1v) is 5.94. The zero-order valence-electron chi connectivity index (χ0n) is 10.1. The molecule has 0 aromatic carbocycles. The molecule has 5 heteroatoms. The standard InChI is InChI=1S/C12H18N2O3/c1-2-13-3-5-14(6-4-13)8-11-7-10(9-17-11)12(15)16/h7,9H,2-6,8H2,1H3,(H,15,16). The second kappa shape index (κ2) is 5.33. The summed E-state index contributed by atoms with van der Waals surface area (Å²) in [4.78, 5) is 15.4. The molecule has 94 valence electrons. The molecule has 1 aliphatic heterocycles. The highest BCUT2D eigenvalue weighted by molar-refractivity contribution is 5.87. The zero-order valence-corrected chi connectivity index (χ0v) is 10.1. The van der Waals surface area contributed by atoms with Crippen LogP contribution in [0.5, 0.6) is 0 Å². The quantitative estimate of drug-likeness (QED) is 0.851. The van der Waals surface area contributed by atoms with E-state index >= 15 is 0 Å². The first-order valence-electron chi connectivity index (χ1n) is 5.94. The maximum Gasteiger partial charge on any atom is 0.338 e. The summed E-state index contributed by atoms with van der Waals surface area (Å²) in [5, 5.41) is 8.79. The molecule has 0 unspecified atom stereocenters. The molecule has 1 fully saturated rings. The molecule has 5 nitrogen and oxygen atoms in total. The fraction of sp³-hybridized carbons (Fsp3) is 0.583. The molecule has 1 aliphatic rings. The van der Waals surface area contributed by atoms with E-state index in [9.17, 15) is 4.79 Å². The van der Waals surface area contributed by atoms with Gasteiger partial charge in [-0.1, -0.05) is 6.92 Å². The maximum absolute atomic E-state index is 10.7. The number of hydrogen-bond acceptors (Lipinski definition) is 4. The number of furan rings is 1. The number of aromatic carboxylic acids is 1. The minimum absolute atomic E-state index is 0.229. The lowest BCUT2D eigenvalue weighted by Crippen LogP contribution is -2.45. The topological polar surface area (TPSA) is 56.9 Å². The van der Waals surface area contributed by atoms with Crippen molar-refractivity contribution in [3.63, 3.8) is 0 Å². The van der Waals surface area contributed by atoms with E-state index in [0.29, 0.717) is 6.54 Å². The van der Waals surface area contributed by atoms with Crippen molar-refractivity contribution in [2.24, 2.45) is 0 Å².